The van der Waals surface area contributed by atoms with Crippen LogP contribution in [0.15, 0.2) is 23.2 Å². The third kappa shape index (κ3) is 6.67. The summed E-state index contributed by atoms with van der Waals surface area (Å²) in [5, 5.41) is 16.7. The summed E-state index contributed by atoms with van der Waals surface area (Å²) in [6.07, 6.45) is 3.83. The number of aliphatic imine (C=N–C) groups is 1. The van der Waals surface area contributed by atoms with Crippen LogP contribution in [0.1, 0.15) is 42.9 Å². The van der Waals surface area contributed by atoms with Crippen LogP contribution in [0.25, 0.3) is 0 Å². The number of aryl methyl sites for hydroxylation is 2. The molecule has 0 aliphatic heterocycles. The van der Waals surface area contributed by atoms with Crippen LogP contribution in [-0.2, 0) is 6.42 Å². The number of benzene rings is 1. The maximum absolute atomic E-state index is 10.1. The summed E-state index contributed by atoms with van der Waals surface area (Å²) in [5.41, 5.74) is 3.40. The lowest BCUT2D eigenvalue weighted by molar-refractivity contribution is -0.0236. The van der Waals surface area contributed by atoms with Crippen LogP contribution >= 0.6 is 24.0 Å². The van der Waals surface area contributed by atoms with E-state index in [2.05, 4.69) is 54.6 Å². The fraction of sp³-hybridized carbons (Fsp3) is 0.611. The Morgan fingerprint density at radius 1 is 1.17 bits per heavy atom. The molecule has 4 nitrogen and oxygen atoms in total. The average molecular weight is 431 g/mol. The minimum absolute atomic E-state index is 0. The Hall–Kier alpha value is -0.820. The zero-order chi connectivity index (χ0) is 16.0. The molecule has 23 heavy (non-hydrogen) atoms. The van der Waals surface area contributed by atoms with Crippen molar-refractivity contribution in [1.29, 1.82) is 0 Å². The summed E-state index contributed by atoms with van der Waals surface area (Å²) in [6, 6.07) is 6.66. The Balaban J connectivity index is 0.00000264. The Morgan fingerprint density at radius 3 is 2.35 bits per heavy atom. The van der Waals surface area contributed by atoms with Gasteiger partial charge in [0.05, 0.1) is 12.1 Å². The van der Waals surface area contributed by atoms with Gasteiger partial charge in [0, 0.05) is 13.1 Å². The lowest BCUT2D eigenvalue weighted by Gasteiger charge is -2.35. The van der Waals surface area contributed by atoms with Crippen LogP contribution in [0.3, 0.4) is 0 Å². The van der Waals surface area contributed by atoms with E-state index in [4.69, 9.17) is 0 Å². The monoisotopic (exact) mass is 431 g/mol. The highest BCUT2D eigenvalue weighted by atomic mass is 127. The number of rotatable bonds is 6. The fourth-order valence-corrected chi connectivity index (χ4v) is 2.85. The summed E-state index contributed by atoms with van der Waals surface area (Å²) in [5.74, 6) is 0.798. The van der Waals surface area contributed by atoms with Crippen molar-refractivity contribution in [3.05, 3.63) is 34.9 Å². The first-order valence-corrected chi connectivity index (χ1v) is 8.32. The van der Waals surface area contributed by atoms with Gasteiger partial charge in [-0.2, -0.15) is 0 Å². The molecule has 0 radical (unpaired) electrons. The summed E-state index contributed by atoms with van der Waals surface area (Å²) >= 11 is 0. The van der Waals surface area contributed by atoms with Gasteiger partial charge in [-0.25, -0.2) is 0 Å². The molecule has 1 aromatic rings. The average Bonchev–Trinajstić information content (AvgIpc) is 2.41. The van der Waals surface area contributed by atoms with E-state index in [0.29, 0.717) is 6.54 Å². The highest BCUT2D eigenvalue weighted by Crippen LogP contribution is 2.31. The second-order valence-corrected chi connectivity index (χ2v) is 6.45. The number of aliphatic hydroxyl groups is 1. The molecule has 5 heteroatoms. The molecule has 2 rings (SSSR count). The molecule has 0 saturated heterocycles. The standard InChI is InChI=1S/C18H29N3O.HI/c1-4-19-17(21-13-18(22)7-5-8-18)20-9-6-16-11-14(2)10-15(3)12-16;/h10-12,22H,4-9,13H2,1-3H3,(H2,19,20,21);1H. The predicted octanol–water partition coefficient (Wildman–Crippen LogP) is 2.93. The quantitative estimate of drug-likeness (QED) is 0.369. The van der Waals surface area contributed by atoms with Gasteiger partial charge in [-0.1, -0.05) is 29.3 Å². The molecular weight excluding hydrogens is 401 g/mol. The molecule has 1 saturated carbocycles. The highest BCUT2D eigenvalue weighted by molar-refractivity contribution is 14.0. The van der Waals surface area contributed by atoms with Gasteiger partial charge in [0.2, 0.25) is 0 Å². The molecule has 130 valence electrons. The van der Waals surface area contributed by atoms with Crippen LogP contribution in [0.4, 0.5) is 0 Å². The number of nitrogens with one attached hydrogen (secondary N) is 2. The van der Waals surface area contributed by atoms with Crippen molar-refractivity contribution in [3.63, 3.8) is 0 Å². The normalized spacial score (nSPS) is 16.3. The van der Waals surface area contributed by atoms with Crippen molar-refractivity contribution < 1.29 is 5.11 Å². The second-order valence-electron chi connectivity index (χ2n) is 6.45. The Labute approximate surface area is 157 Å². The molecule has 0 spiro atoms. The predicted molar refractivity (Wildman–Crippen MR) is 108 cm³/mol. The lowest BCUT2D eigenvalue weighted by Crippen LogP contribution is -2.43. The molecule has 3 N–H and O–H groups in total. The van der Waals surface area contributed by atoms with Gasteiger partial charge in [-0.05, 0) is 52.0 Å². The minimum Gasteiger partial charge on any atom is -0.388 e. The fourth-order valence-electron chi connectivity index (χ4n) is 2.85. The molecule has 1 aliphatic rings. The third-order valence-corrected chi connectivity index (χ3v) is 4.15. The summed E-state index contributed by atoms with van der Waals surface area (Å²) < 4.78 is 0. The SMILES string of the molecule is CCNC(=NCC1(O)CCC1)NCCc1cc(C)cc(C)c1.I. The Morgan fingerprint density at radius 2 is 1.83 bits per heavy atom. The number of hydrogen-bond donors (Lipinski definition) is 3. The number of hydrogen-bond acceptors (Lipinski definition) is 2. The van der Waals surface area contributed by atoms with Crippen molar-refractivity contribution >= 4 is 29.9 Å². The van der Waals surface area contributed by atoms with E-state index in [1.165, 1.54) is 16.7 Å². The molecule has 0 aromatic heterocycles. The molecule has 0 unspecified atom stereocenters. The topological polar surface area (TPSA) is 56.7 Å². The van der Waals surface area contributed by atoms with Crippen molar-refractivity contribution in [3.8, 4) is 0 Å². The lowest BCUT2D eigenvalue weighted by atomic mass is 9.80. The third-order valence-electron chi connectivity index (χ3n) is 4.15. The van der Waals surface area contributed by atoms with Crippen LogP contribution in [-0.4, -0.2) is 36.3 Å². The Bertz CT molecular complexity index is 507. The van der Waals surface area contributed by atoms with E-state index in [-0.39, 0.29) is 24.0 Å². The maximum Gasteiger partial charge on any atom is 0.191 e. The second kappa shape index (κ2) is 9.47. The van der Waals surface area contributed by atoms with E-state index in [1.807, 2.05) is 0 Å². The van der Waals surface area contributed by atoms with Gasteiger partial charge in [0.1, 0.15) is 0 Å². The molecule has 1 fully saturated rings. The van der Waals surface area contributed by atoms with Gasteiger partial charge < -0.3 is 15.7 Å². The largest absolute Gasteiger partial charge is 0.388 e. The van der Waals surface area contributed by atoms with Gasteiger partial charge in [-0.3, -0.25) is 4.99 Å². The van der Waals surface area contributed by atoms with E-state index in [0.717, 1.165) is 44.7 Å². The summed E-state index contributed by atoms with van der Waals surface area (Å²) in [6.45, 7) is 8.48. The van der Waals surface area contributed by atoms with E-state index in [9.17, 15) is 5.11 Å². The smallest absolute Gasteiger partial charge is 0.191 e. The van der Waals surface area contributed by atoms with Gasteiger partial charge in [-0.15, -0.1) is 24.0 Å². The van der Waals surface area contributed by atoms with E-state index >= 15 is 0 Å². The molecule has 1 aliphatic carbocycles. The first kappa shape index (κ1) is 20.2. The van der Waals surface area contributed by atoms with E-state index < -0.39 is 5.60 Å². The van der Waals surface area contributed by atoms with Crippen molar-refractivity contribution in [2.45, 2.75) is 52.1 Å². The van der Waals surface area contributed by atoms with E-state index in [1.54, 1.807) is 0 Å². The van der Waals surface area contributed by atoms with Crippen LogP contribution in [0.5, 0.6) is 0 Å². The first-order valence-electron chi connectivity index (χ1n) is 8.32. The molecule has 0 bridgehead atoms. The zero-order valence-electron chi connectivity index (χ0n) is 14.5. The zero-order valence-corrected chi connectivity index (χ0v) is 16.8. The minimum atomic E-state index is -0.560. The molecule has 0 amide bonds. The molecule has 1 aromatic carbocycles. The van der Waals surface area contributed by atoms with Gasteiger partial charge in [0.25, 0.3) is 0 Å². The van der Waals surface area contributed by atoms with Crippen LogP contribution in [0, 0.1) is 13.8 Å². The maximum atomic E-state index is 10.1. The molecule has 0 atom stereocenters. The summed E-state index contributed by atoms with van der Waals surface area (Å²) in [7, 11) is 0. The van der Waals surface area contributed by atoms with Crippen molar-refractivity contribution in [2.24, 2.45) is 4.99 Å². The number of guanidine groups is 1. The summed E-state index contributed by atoms with van der Waals surface area (Å²) in [4.78, 5) is 4.52. The molecular formula is C18H30IN3O. The Kier molecular flexibility index (Phi) is 8.33. The van der Waals surface area contributed by atoms with Crippen LogP contribution in [0.2, 0.25) is 0 Å². The molecule has 0 heterocycles. The highest BCUT2D eigenvalue weighted by Gasteiger charge is 2.34. The van der Waals surface area contributed by atoms with Crippen molar-refractivity contribution in [2.75, 3.05) is 19.6 Å². The van der Waals surface area contributed by atoms with Crippen molar-refractivity contribution in [1.82, 2.24) is 10.6 Å². The number of halogens is 1. The van der Waals surface area contributed by atoms with Crippen LogP contribution < -0.4 is 10.6 Å². The first-order chi connectivity index (χ1) is 10.5. The van der Waals surface area contributed by atoms with Gasteiger partial charge >= 0.3 is 0 Å². The van der Waals surface area contributed by atoms with Gasteiger partial charge in [0.15, 0.2) is 5.96 Å². The number of nitrogens with zero attached hydrogens (tertiary/aromatic N) is 1.